The van der Waals surface area contributed by atoms with Crippen molar-refractivity contribution >= 4 is 11.6 Å². The summed E-state index contributed by atoms with van der Waals surface area (Å²) in [6.07, 6.45) is 3.33. The molecule has 1 heterocycles. The summed E-state index contributed by atoms with van der Waals surface area (Å²) in [7, 11) is 3.93. The number of ether oxygens (including phenoxy) is 2. The lowest BCUT2D eigenvalue weighted by Crippen LogP contribution is -2.39. The summed E-state index contributed by atoms with van der Waals surface area (Å²) in [4.78, 5) is 6.52. The predicted molar refractivity (Wildman–Crippen MR) is 103 cm³/mol. The first-order valence-electron chi connectivity index (χ1n) is 9.19. The average molecular weight is 348 g/mol. The minimum absolute atomic E-state index is 0.291. The highest BCUT2D eigenvalue weighted by molar-refractivity contribution is 5.79. The highest BCUT2D eigenvalue weighted by atomic mass is 16.5. The van der Waals surface area contributed by atoms with E-state index < -0.39 is 0 Å². The predicted octanol–water partition coefficient (Wildman–Crippen LogP) is 1.87. The lowest BCUT2D eigenvalue weighted by atomic mass is 10.3. The van der Waals surface area contributed by atoms with Gasteiger partial charge in [-0.1, -0.05) is 18.2 Å². The van der Waals surface area contributed by atoms with Crippen LogP contribution in [-0.2, 0) is 9.47 Å². The minimum Gasteiger partial charge on any atom is -0.379 e. The van der Waals surface area contributed by atoms with Crippen LogP contribution in [0.4, 0.5) is 5.69 Å². The molecule has 25 heavy (non-hydrogen) atoms. The van der Waals surface area contributed by atoms with Crippen LogP contribution in [0.3, 0.4) is 0 Å². The zero-order valence-electron chi connectivity index (χ0n) is 15.5. The topological polar surface area (TPSA) is 58.1 Å². The van der Waals surface area contributed by atoms with Crippen molar-refractivity contribution in [3.63, 3.8) is 0 Å². The molecule has 0 radical (unpaired) electrons. The summed E-state index contributed by atoms with van der Waals surface area (Å²) in [6, 6.07) is 10.4. The van der Waals surface area contributed by atoms with Crippen LogP contribution in [0.1, 0.15) is 19.3 Å². The normalized spacial score (nSPS) is 17.5. The van der Waals surface area contributed by atoms with Crippen molar-refractivity contribution in [3.8, 4) is 0 Å². The number of anilines is 1. The molecule has 6 nitrogen and oxygen atoms in total. The molecule has 140 valence electrons. The molecule has 2 N–H and O–H groups in total. The van der Waals surface area contributed by atoms with Gasteiger partial charge >= 0.3 is 0 Å². The number of benzene rings is 1. The third-order valence-electron chi connectivity index (χ3n) is 4.24. The zero-order chi connectivity index (χ0) is 17.7. The Hall–Kier alpha value is -1.79. The van der Waals surface area contributed by atoms with Crippen LogP contribution < -0.4 is 15.5 Å². The van der Waals surface area contributed by atoms with Crippen LogP contribution >= 0.6 is 0 Å². The molecule has 2 rings (SSSR count). The van der Waals surface area contributed by atoms with Gasteiger partial charge in [-0.25, -0.2) is 0 Å². The maximum absolute atomic E-state index is 5.75. The van der Waals surface area contributed by atoms with E-state index >= 15 is 0 Å². The van der Waals surface area contributed by atoms with E-state index in [1.54, 1.807) is 7.05 Å². The van der Waals surface area contributed by atoms with Gasteiger partial charge in [0.25, 0.3) is 0 Å². The molecular formula is C19H32N4O2. The molecule has 0 spiro atoms. The highest BCUT2D eigenvalue weighted by Gasteiger charge is 2.15. The van der Waals surface area contributed by atoms with Gasteiger partial charge in [0.1, 0.15) is 0 Å². The van der Waals surface area contributed by atoms with Crippen LogP contribution in [0, 0.1) is 0 Å². The minimum atomic E-state index is 0.291. The monoisotopic (exact) mass is 348 g/mol. The van der Waals surface area contributed by atoms with Crippen LogP contribution in [0.5, 0.6) is 0 Å². The van der Waals surface area contributed by atoms with Gasteiger partial charge in [-0.2, -0.15) is 0 Å². The van der Waals surface area contributed by atoms with Crippen LogP contribution in [0.15, 0.2) is 35.3 Å². The fraction of sp³-hybridized carbons (Fsp3) is 0.632. The lowest BCUT2D eigenvalue weighted by Gasteiger charge is -2.19. The Morgan fingerprint density at radius 3 is 2.68 bits per heavy atom. The molecular weight excluding hydrogens is 316 g/mol. The molecule has 1 saturated heterocycles. The average Bonchev–Trinajstić information content (AvgIpc) is 3.17. The second-order valence-electron chi connectivity index (χ2n) is 6.25. The quantitative estimate of drug-likeness (QED) is 0.384. The Balaban J connectivity index is 1.50. The second kappa shape index (κ2) is 11.7. The van der Waals surface area contributed by atoms with E-state index in [2.05, 4.69) is 51.8 Å². The van der Waals surface area contributed by atoms with Crippen molar-refractivity contribution in [3.05, 3.63) is 30.3 Å². The molecule has 0 amide bonds. The molecule has 6 heteroatoms. The van der Waals surface area contributed by atoms with Gasteiger partial charge in [0.2, 0.25) is 0 Å². The van der Waals surface area contributed by atoms with Crippen LogP contribution in [-0.4, -0.2) is 65.6 Å². The number of para-hydroxylation sites is 1. The fourth-order valence-electron chi connectivity index (χ4n) is 2.73. The van der Waals surface area contributed by atoms with Gasteiger partial charge in [-0.15, -0.1) is 0 Å². The number of guanidine groups is 1. The highest BCUT2D eigenvalue weighted by Crippen LogP contribution is 2.10. The van der Waals surface area contributed by atoms with Crippen LogP contribution in [0.2, 0.25) is 0 Å². The molecule has 0 bridgehead atoms. The van der Waals surface area contributed by atoms with Crippen molar-refractivity contribution in [1.82, 2.24) is 10.6 Å². The first kappa shape index (κ1) is 19.5. The lowest BCUT2D eigenvalue weighted by molar-refractivity contribution is 0.0420. The summed E-state index contributed by atoms with van der Waals surface area (Å²) < 4.78 is 11.1. The van der Waals surface area contributed by atoms with E-state index in [0.29, 0.717) is 6.10 Å². The number of hydrogen-bond donors (Lipinski definition) is 2. The van der Waals surface area contributed by atoms with E-state index in [1.165, 1.54) is 5.69 Å². The van der Waals surface area contributed by atoms with Crippen molar-refractivity contribution in [2.24, 2.45) is 4.99 Å². The van der Waals surface area contributed by atoms with Gasteiger partial charge in [-0.05, 0) is 31.4 Å². The van der Waals surface area contributed by atoms with Crippen molar-refractivity contribution < 1.29 is 9.47 Å². The number of hydrogen-bond acceptors (Lipinski definition) is 4. The first-order chi connectivity index (χ1) is 12.3. The van der Waals surface area contributed by atoms with E-state index in [-0.39, 0.29) is 0 Å². The Morgan fingerprint density at radius 1 is 1.24 bits per heavy atom. The third kappa shape index (κ3) is 7.75. The summed E-state index contributed by atoms with van der Waals surface area (Å²) in [5, 5.41) is 6.69. The molecule has 1 aliphatic rings. The van der Waals surface area contributed by atoms with E-state index in [0.717, 1.165) is 64.7 Å². The van der Waals surface area contributed by atoms with Gasteiger partial charge in [0.05, 0.1) is 12.7 Å². The second-order valence-corrected chi connectivity index (χ2v) is 6.25. The standard InChI is InChI=1S/C19H32N4O2/c1-20-19(22-12-7-14-25-18-10-15-24-16-18)21-11-6-13-23(2)17-8-4-3-5-9-17/h3-5,8-9,18H,6-7,10-16H2,1-2H3,(H2,20,21,22). The molecule has 0 saturated carbocycles. The maximum atomic E-state index is 5.75. The molecule has 1 aromatic carbocycles. The van der Waals surface area contributed by atoms with E-state index in [1.807, 2.05) is 6.07 Å². The third-order valence-corrected chi connectivity index (χ3v) is 4.24. The van der Waals surface area contributed by atoms with E-state index in [9.17, 15) is 0 Å². The summed E-state index contributed by atoms with van der Waals surface area (Å²) in [5.41, 5.74) is 1.25. The van der Waals surface area contributed by atoms with Crippen LogP contribution in [0.25, 0.3) is 0 Å². The summed E-state index contributed by atoms with van der Waals surface area (Å²) in [5.74, 6) is 0.853. The molecule has 1 fully saturated rings. The zero-order valence-corrected chi connectivity index (χ0v) is 15.5. The number of rotatable bonds is 10. The Labute approximate surface area is 151 Å². The molecule has 1 atom stereocenters. The van der Waals surface area contributed by atoms with Gasteiger partial charge in [0, 0.05) is 52.6 Å². The van der Waals surface area contributed by atoms with E-state index in [4.69, 9.17) is 9.47 Å². The molecule has 1 aromatic rings. The Morgan fingerprint density at radius 2 is 2.00 bits per heavy atom. The molecule has 1 unspecified atom stereocenters. The van der Waals surface area contributed by atoms with Gasteiger partial charge in [-0.3, -0.25) is 4.99 Å². The SMILES string of the molecule is CN=C(NCCCOC1CCOC1)NCCCN(C)c1ccccc1. The summed E-state index contributed by atoms with van der Waals surface area (Å²) >= 11 is 0. The molecule has 1 aliphatic heterocycles. The maximum Gasteiger partial charge on any atom is 0.190 e. The number of nitrogens with zero attached hydrogens (tertiary/aromatic N) is 2. The molecule has 0 aromatic heterocycles. The smallest absolute Gasteiger partial charge is 0.190 e. The fourth-order valence-corrected chi connectivity index (χ4v) is 2.73. The Kier molecular flexibility index (Phi) is 9.15. The number of aliphatic imine (C=N–C) groups is 1. The molecule has 0 aliphatic carbocycles. The van der Waals surface area contributed by atoms with Gasteiger partial charge in [0.15, 0.2) is 5.96 Å². The summed E-state index contributed by atoms with van der Waals surface area (Å²) in [6.45, 7) is 5.10. The van der Waals surface area contributed by atoms with Gasteiger partial charge < -0.3 is 25.0 Å². The number of nitrogens with one attached hydrogen (secondary N) is 2. The van der Waals surface area contributed by atoms with Crippen molar-refractivity contribution in [1.29, 1.82) is 0 Å². The first-order valence-corrected chi connectivity index (χ1v) is 9.19. The largest absolute Gasteiger partial charge is 0.379 e. The van der Waals surface area contributed by atoms with Crippen molar-refractivity contribution in [2.75, 3.05) is 58.5 Å². The van der Waals surface area contributed by atoms with Crippen molar-refractivity contribution in [2.45, 2.75) is 25.4 Å². The Bertz CT molecular complexity index is 489.